The number of rotatable bonds is 2. The molecule has 0 aromatic carbocycles. The normalized spacial score (nSPS) is 10.3. The second-order valence-electron chi connectivity index (χ2n) is 2.68. The van der Waals surface area contributed by atoms with Crippen LogP contribution in [0.3, 0.4) is 0 Å². The average Bonchev–Trinajstić information content (AvgIpc) is 2.62. The van der Waals surface area contributed by atoms with Gasteiger partial charge in [-0.3, -0.25) is 9.78 Å². The monoisotopic (exact) mass is 209 g/mol. The highest BCUT2D eigenvalue weighted by Crippen LogP contribution is 2.08. The summed E-state index contributed by atoms with van der Waals surface area (Å²) in [5.41, 5.74) is -0.955. The van der Waals surface area contributed by atoms with Crippen molar-refractivity contribution in [1.82, 2.24) is 14.8 Å². The molecule has 0 amide bonds. The molecule has 0 saturated carbocycles. The molecule has 72 valence electrons. The predicted octanol–water partition coefficient (Wildman–Crippen LogP) is 0.0414. The third-order valence-electron chi connectivity index (χ3n) is 1.66. The molecule has 6 heteroatoms. The van der Waals surface area contributed by atoms with E-state index in [1.54, 1.807) is 0 Å². The minimum absolute atomic E-state index is 0.396. The topological polar surface area (TPSA) is 67.8 Å². The summed E-state index contributed by atoms with van der Waals surface area (Å²) < 4.78 is 1.22. The van der Waals surface area contributed by atoms with Crippen molar-refractivity contribution in [3.8, 4) is 0 Å². The summed E-state index contributed by atoms with van der Waals surface area (Å²) in [6.45, 7) is 0.396. The summed E-state index contributed by atoms with van der Waals surface area (Å²) in [6, 6.07) is 3.81. The molecule has 0 fully saturated rings. The molecule has 5 nitrogen and oxygen atoms in total. The highest BCUT2D eigenvalue weighted by molar-refractivity contribution is 7.09. The van der Waals surface area contributed by atoms with Crippen LogP contribution in [0.25, 0.3) is 0 Å². The van der Waals surface area contributed by atoms with Gasteiger partial charge < -0.3 is 0 Å². The molecule has 2 aromatic rings. The van der Waals surface area contributed by atoms with Crippen LogP contribution < -0.4 is 11.2 Å². The van der Waals surface area contributed by atoms with Gasteiger partial charge in [-0.2, -0.15) is 5.10 Å². The molecule has 0 bridgehead atoms. The van der Waals surface area contributed by atoms with E-state index in [0.29, 0.717) is 6.54 Å². The number of aromatic amines is 1. The van der Waals surface area contributed by atoms with Gasteiger partial charge in [0, 0.05) is 4.88 Å². The lowest BCUT2D eigenvalue weighted by Gasteiger charge is -1.99. The minimum Gasteiger partial charge on any atom is -0.271 e. The molecule has 14 heavy (non-hydrogen) atoms. The number of aromatic nitrogens is 3. The van der Waals surface area contributed by atoms with Crippen molar-refractivity contribution in [2.45, 2.75) is 6.54 Å². The first-order chi connectivity index (χ1) is 6.75. The van der Waals surface area contributed by atoms with Gasteiger partial charge in [0.1, 0.15) is 6.20 Å². The number of nitrogens with one attached hydrogen (secondary N) is 1. The first-order valence-corrected chi connectivity index (χ1v) is 4.82. The number of nitrogens with zero attached hydrogens (tertiary/aromatic N) is 2. The molecular weight excluding hydrogens is 202 g/mol. The van der Waals surface area contributed by atoms with E-state index in [9.17, 15) is 9.59 Å². The van der Waals surface area contributed by atoms with Crippen LogP contribution in [0, 0.1) is 0 Å². The zero-order valence-corrected chi connectivity index (χ0v) is 7.95. The second kappa shape index (κ2) is 3.59. The largest absolute Gasteiger partial charge is 0.345 e. The number of thiophene rings is 1. The van der Waals surface area contributed by atoms with Crippen LogP contribution in [0.1, 0.15) is 4.88 Å². The van der Waals surface area contributed by atoms with Crippen LogP contribution >= 0.6 is 11.3 Å². The molecule has 0 unspecified atom stereocenters. The van der Waals surface area contributed by atoms with Gasteiger partial charge >= 0.3 is 5.69 Å². The van der Waals surface area contributed by atoms with Crippen molar-refractivity contribution in [1.29, 1.82) is 0 Å². The van der Waals surface area contributed by atoms with Crippen molar-refractivity contribution < 1.29 is 0 Å². The van der Waals surface area contributed by atoms with Gasteiger partial charge in [0.15, 0.2) is 0 Å². The molecule has 2 aromatic heterocycles. The number of hydrogen-bond donors (Lipinski definition) is 1. The molecular formula is C8H7N3O2S. The Morgan fingerprint density at radius 1 is 1.50 bits per heavy atom. The van der Waals surface area contributed by atoms with Gasteiger partial charge in [-0.05, 0) is 11.4 Å². The van der Waals surface area contributed by atoms with Gasteiger partial charge in [-0.1, -0.05) is 6.07 Å². The Morgan fingerprint density at radius 3 is 3.00 bits per heavy atom. The number of H-pyrrole nitrogens is 1. The van der Waals surface area contributed by atoms with E-state index in [2.05, 4.69) is 10.1 Å². The van der Waals surface area contributed by atoms with Crippen molar-refractivity contribution >= 4 is 11.3 Å². The predicted molar refractivity (Wildman–Crippen MR) is 52.5 cm³/mol. The molecule has 0 aliphatic heterocycles. The fourth-order valence-corrected chi connectivity index (χ4v) is 1.73. The maximum atomic E-state index is 11.2. The van der Waals surface area contributed by atoms with E-state index >= 15 is 0 Å². The van der Waals surface area contributed by atoms with E-state index in [4.69, 9.17) is 0 Å². The van der Waals surface area contributed by atoms with Crippen molar-refractivity contribution in [3.05, 3.63) is 49.4 Å². The maximum absolute atomic E-state index is 11.2. The molecule has 0 radical (unpaired) electrons. The van der Waals surface area contributed by atoms with Crippen LogP contribution in [-0.4, -0.2) is 14.8 Å². The third-order valence-corrected chi connectivity index (χ3v) is 2.53. The molecule has 2 heterocycles. The molecule has 0 atom stereocenters. The summed E-state index contributed by atoms with van der Waals surface area (Å²) in [4.78, 5) is 25.1. The van der Waals surface area contributed by atoms with Crippen LogP contribution in [-0.2, 0) is 6.54 Å². The van der Waals surface area contributed by atoms with E-state index in [1.807, 2.05) is 17.5 Å². The quantitative estimate of drug-likeness (QED) is 0.759. The lowest BCUT2D eigenvalue weighted by Crippen LogP contribution is -2.31. The van der Waals surface area contributed by atoms with Crippen LogP contribution in [0.4, 0.5) is 0 Å². The first-order valence-electron chi connectivity index (χ1n) is 3.94. The van der Waals surface area contributed by atoms with Gasteiger partial charge in [-0.25, -0.2) is 9.48 Å². The average molecular weight is 209 g/mol. The lowest BCUT2D eigenvalue weighted by molar-refractivity contribution is 0.613. The third kappa shape index (κ3) is 1.80. The minimum atomic E-state index is -0.481. The molecule has 1 N–H and O–H groups in total. The zero-order chi connectivity index (χ0) is 9.97. The first kappa shape index (κ1) is 8.89. The highest BCUT2D eigenvalue weighted by atomic mass is 32.1. The van der Waals surface area contributed by atoms with Gasteiger partial charge in [0.2, 0.25) is 0 Å². The van der Waals surface area contributed by atoms with Crippen molar-refractivity contribution in [2.75, 3.05) is 0 Å². The Balaban J connectivity index is 2.35. The molecule has 0 aliphatic carbocycles. The molecule has 0 spiro atoms. The smallest absolute Gasteiger partial charge is 0.271 e. The van der Waals surface area contributed by atoms with Crippen LogP contribution in [0.2, 0.25) is 0 Å². The Bertz CT molecular complexity index is 526. The van der Waals surface area contributed by atoms with Gasteiger partial charge in [-0.15, -0.1) is 11.3 Å². The summed E-state index contributed by atoms with van der Waals surface area (Å²) >= 11 is 1.54. The van der Waals surface area contributed by atoms with E-state index in [-0.39, 0.29) is 0 Å². The molecule has 0 saturated heterocycles. The summed E-state index contributed by atoms with van der Waals surface area (Å²) in [5.74, 6) is 0. The van der Waals surface area contributed by atoms with E-state index in [1.165, 1.54) is 16.0 Å². The van der Waals surface area contributed by atoms with Crippen LogP contribution in [0.5, 0.6) is 0 Å². The van der Waals surface area contributed by atoms with Gasteiger partial charge in [0.05, 0.1) is 6.54 Å². The Hall–Kier alpha value is -1.69. The SMILES string of the molecule is O=c1cnn(Cc2cccs2)c(=O)[nH]1. The van der Waals surface area contributed by atoms with Crippen molar-refractivity contribution in [3.63, 3.8) is 0 Å². The maximum Gasteiger partial charge on any atom is 0.345 e. The van der Waals surface area contributed by atoms with Crippen molar-refractivity contribution in [2.24, 2.45) is 0 Å². The Morgan fingerprint density at radius 2 is 2.36 bits per heavy atom. The summed E-state index contributed by atoms with van der Waals surface area (Å²) in [6.07, 6.45) is 1.09. The standard InChI is InChI=1S/C8H7N3O2S/c12-7-4-9-11(8(13)10-7)5-6-2-1-3-14-6/h1-4H,5H2,(H,10,12,13). The fourth-order valence-electron chi connectivity index (χ4n) is 1.04. The second-order valence-corrected chi connectivity index (χ2v) is 3.71. The van der Waals surface area contributed by atoms with E-state index in [0.717, 1.165) is 11.1 Å². The zero-order valence-electron chi connectivity index (χ0n) is 7.14. The Kier molecular flexibility index (Phi) is 2.28. The highest BCUT2D eigenvalue weighted by Gasteiger charge is 1.99. The Labute approximate surface area is 82.7 Å². The number of hydrogen-bond acceptors (Lipinski definition) is 4. The fraction of sp³-hybridized carbons (Fsp3) is 0.125. The summed E-state index contributed by atoms with van der Waals surface area (Å²) in [7, 11) is 0. The van der Waals surface area contributed by atoms with Gasteiger partial charge in [0.25, 0.3) is 5.56 Å². The molecule has 0 aliphatic rings. The lowest BCUT2D eigenvalue weighted by atomic mass is 10.5. The summed E-state index contributed by atoms with van der Waals surface area (Å²) in [5, 5.41) is 5.64. The van der Waals surface area contributed by atoms with Crippen LogP contribution in [0.15, 0.2) is 33.3 Å². The molecule has 2 rings (SSSR count). The van der Waals surface area contributed by atoms with E-state index < -0.39 is 11.2 Å².